The van der Waals surface area contributed by atoms with Gasteiger partial charge in [0.2, 0.25) is 5.91 Å². The van der Waals surface area contributed by atoms with Crippen molar-refractivity contribution in [3.05, 3.63) is 29.8 Å². The molecule has 0 aromatic heterocycles. The molecule has 1 spiro atoms. The lowest BCUT2D eigenvalue weighted by atomic mass is 9.91. The summed E-state index contributed by atoms with van der Waals surface area (Å²) in [6, 6.07) is 8.09. The minimum atomic E-state index is 0.0628. The van der Waals surface area contributed by atoms with Crippen LogP contribution in [0.15, 0.2) is 24.3 Å². The van der Waals surface area contributed by atoms with E-state index in [2.05, 4.69) is 36.6 Å². The van der Waals surface area contributed by atoms with E-state index >= 15 is 0 Å². The molecule has 1 heterocycles. The smallest absolute Gasteiger partial charge is 0.224 e. The average molecular weight is 316 g/mol. The van der Waals surface area contributed by atoms with E-state index in [4.69, 9.17) is 4.74 Å². The number of hydrogen-bond acceptors (Lipinski definition) is 3. The first-order chi connectivity index (χ1) is 11.1. The summed E-state index contributed by atoms with van der Waals surface area (Å²) in [4.78, 5) is 12.7. The van der Waals surface area contributed by atoms with Crippen LogP contribution in [0.1, 0.15) is 44.7 Å². The third-order valence-electron chi connectivity index (χ3n) is 5.54. The van der Waals surface area contributed by atoms with Crippen LogP contribution >= 0.6 is 0 Å². The molecule has 2 fully saturated rings. The van der Waals surface area contributed by atoms with Crippen molar-refractivity contribution in [2.24, 2.45) is 17.3 Å². The van der Waals surface area contributed by atoms with Crippen LogP contribution in [0.4, 0.5) is 0 Å². The highest BCUT2D eigenvalue weighted by Gasteiger charge is 2.57. The third kappa shape index (κ3) is 3.37. The van der Waals surface area contributed by atoms with E-state index in [0.717, 1.165) is 43.7 Å². The number of methoxy groups -OCH3 is 1. The second kappa shape index (κ2) is 6.52. The molecule has 126 valence electrons. The molecule has 23 heavy (non-hydrogen) atoms. The van der Waals surface area contributed by atoms with Gasteiger partial charge < -0.3 is 15.4 Å². The van der Waals surface area contributed by atoms with Crippen LogP contribution < -0.4 is 15.4 Å². The van der Waals surface area contributed by atoms with Crippen molar-refractivity contribution in [3.63, 3.8) is 0 Å². The van der Waals surface area contributed by atoms with E-state index in [0.29, 0.717) is 5.92 Å². The summed E-state index contributed by atoms with van der Waals surface area (Å²) in [5.41, 5.74) is 1.44. The molecule has 4 heteroatoms. The molecule has 0 bridgehead atoms. The number of nitrogens with one attached hydrogen (secondary N) is 2. The zero-order chi connectivity index (χ0) is 16.4. The van der Waals surface area contributed by atoms with Crippen molar-refractivity contribution in [1.82, 2.24) is 10.6 Å². The minimum absolute atomic E-state index is 0.0628. The number of amides is 1. The molecular formula is C19H28N2O2. The van der Waals surface area contributed by atoms with Gasteiger partial charge in [-0.2, -0.15) is 0 Å². The molecule has 1 amide bonds. The molecule has 1 aromatic carbocycles. The molecule has 2 unspecified atom stereocenters. The Morgan fingerprint density at radius 3 is 2.48 bits per heavy atom. The highest BCUT2D eigenvalue weighted by molar-refractivity contribution is 5.83. The molecule has 2 atom stereocenters. The van der Waals surface area contributed by atoms with Crippen LogP contribution in [-0.4, -0.2) is 26.1 Å². The van der Waals surface area contributed by atoms with Gasteiger partial charge in [-0.05, 0) is 61.4 Å². The van der Waals surface area contributed by atoms with Crippen LogP contribution in [-0.2, 0) is 4.79 Å². The van der Waals surface area contributed by atoms with Crippen molar-refractivity contribution in [1.29, 1.82) is 0 Å². The van der Waals surface area contributed by atoms with Gasteiger partial charge in [0.1, 0.15) is 5.75 Å². The second-order valence-electron chi connectivity index (χ2n) is 7.37. The summed E-state index contributed by atoms with van der Waals surface area (Å²) in [6.07, 6.45) is 3.34. The summed E-state index contributed by atoms with van der Waals surface area (Å²) in [5.74, 6) is 1.65. The molecule has 4 nitrogen and oxygen atoms in total. The van der Waals surface area contributed by atoms with Crippen LogP contribution in [0.5, 0.6) is 5.75 Å². The Kier molecular flexibility index (Phi) is 4.62. The van der Waals surface area contributed by atoms with Crippen LogP contribution in [0.25, 0.3) is 0 Å². The number of rotatable bonds is 5. The normalized spacial score (nSPS) is 23.6. The summed E-state index contributed by atoms with van der Waals surface area (Å²) in [5, 5.41) is 6.70. The number of hydrogen-bond donors (Lipinski definition) is 2. The van der Waals surface area contributed by atoms with E-state index in [9.17, 15) is 4.79 Å². The van der Waals surface area contributed by atoms with E-state index in [1.165, 1.54) is 0 Å². The Bertz CT molecular complexity index is 547. The quantitative estimate of drug-likeness (QED) is 0.878. The standard InChI is InChI=1S/C19H28N2O2/c1-13(2)17(14-4-6-15(23-3)7-5-14)21-18(22)16-12-19(16)8-10-20-11-9-19/h4-7,13,16-17,20H,8-12H2,1-3H3,(H,21,22). The summed E-state index contributed by atoms with van der Waals surface area (Å²) < 4.78 is 5.22. The number of carbonyl (C=O) groups excluding carboxylic acids is 1. The van der Waals surface area contributed by atoms with Gasteiger partial charge in [-0.25, -0.2) is 0 Å². The third-order valence-corrected chi connectivity index (χ3v) is 5.54. The van der Waals surface area contributed by atoms with Crippen molar-refractivity contribution >= 4 is 5.91 Å². The maximum Gasteiger partial charge on any atom is 0.224 e. The molecule has 1 aromatic rings. The van der Waals surface area contributed by atoms with Gasteiger partial charge in [-0.3, -0.25) is 4.79 Å². The number of ether oxygens (including phenoxy) is 1. The van der Waals surface area contributed by atoms with Crippen LogP contribution in [0, 0.1) is 17.3 Å². The molecular weight excluding hydrogens is 288 g/mol. The maximum absolute atomic E-state index is 12.7. The topological polar surface area (TPSA) is 50.4 Å². The van der Waals surface area contributed by atoms with Gasteiger partial charge in [0.15, 0.2) is 0 Å². The summed E-state index contributed by atoms with van der Waals surface area (Å²) in [7, 11) is 1.67. The average Bonchev–Trinajstić information content (AvgIpc) is 3.26. The van der Waals surface area contributed by atoms with Gasteiger partial charge in [0.05, 0.1) is 13.2 Å². The Hall–Kier alpha value is -1.55. The summed E-state index contributed by atoms with van der Waals surface area (Å²) in [6.45, 7) is 6.41. The first kappa shape index (κ1) is 16.3. The Balaban J connectivity index is 1.66. The van der Waals surface area contributed by atoms with E-state index in [1.54, 1.807) is 7.11 Å². The predicted molar refractivity (Wildman–Crippen MR) is 91.4 cm³/mol. The molecule has 2 N–H and O–H groups in total. The van der Waals surface area contributed by atoms with Crippen molar-refractivity contribution in [3.8, 4) is 5.75 Å². The lowest BCUT2D eigenvalue weighted by Gasteiger charge is -2.26. The van der Waals surface area contributed by atoms with Gasteiger partial charge in [0.25, 0.3) is 0 Å². The fraction of sp³-hybridized carbons (Fsp3) is 0.632. The van der Waals surface area contributed by atoms with Gasteiger partial charge in [-0.15, -0.1) is 0 Å². The SMILES string of the molecule is COc1ccc(C(NC(=O)C2CC23CCNCC3)C(C)C)cc1. The summed E-state index contributed by atoms with van der Waals surface area (Å²) >= 11 is 0. The Morgan fingerprint density at radius 1 is 1.26 bits per heavy atom. The van der Waals surface area contributed by atoms with Crippen LogP contribution in [0.3, 0.4) is 0 Å². The minimum Gasteiger partial charge on any atom is -0.497 e. The predicted octanol–water partition coefficient (Wildman–Crippen LogP) is 2.90. The second-order valence-corrected chi connectivity index (χ2v) is 7.37. The van der Waals surface area contributed by atoms with E-state index < -0.39 is 0 Å². The highest BCUT2D eigenvalue weighted by Crippen LogP contribution is 2.58. The molecule has 1 aliphatic carbocycles. The Morgan fingerprint density at radius 2 is 1.91 bits per heavy atom. The fourth-order valence-electron chi connectivity index (χ4n) is 3.90. The Labute approximate surface area is 139 Å². The molecule has 0 radical (unpaired) electrons. The lowest BCUT2D eigenvalue weighted by molar-refractivity contribution is -0.124. The van der Waals surface area contributed by atoms with Gasteiger partial charge in [0, 0.05) is 5.92 Å². The molecule has 1 saturated carbocycles. The van der Waals surface area contributed by atoms with Gasteiger partial charge >= 0.3 is 0 Å². The number of carbonyl (C=O) groups is 1. The van der Waals surface area contributed by atoms with Crippen molar-refractivity contribution in [2.45, 2.75) is 39.2 Å². The van der Waals surface area contributed by atoms with E-state index in [-0.39, 0.29) is 23.3 Å². The zero-order valence-electron chi connectivity index (χ0n) is 14.4. The molecule has 1 aliphatic heterocycles. The van der Waals surface area contributed by atoms with Gasteiger partial charge in [-0.1, -0.05) is 26.0 Å². The first-order valence-electron chi connectivity index (χ1n) is 8.71. The fourth-order valence-corrected chi connectivity index (χ4v) is 3.90. The highest BCUT2D eigenvalue weighted by atomic mass is 16.5. The maximum atomic E-state index is 12.7. The lowest BCUT2D eigenvalue weighted by Crippen LogP contribution is -2.36. The number of benzene rings is 1. The van der Waals surface area contributed by atoms with Crippen molar-refractivity contribution < 1.29 is 9.53 Å². The van der Waals surface area contributed by atoms with E-state index in [1.807, 2.05) is 12.1 Å². The zero-order valence-corrected chi connectivity index (χ0v) is 14.4. The first-order valence-corrected chi connectivity index (χ1v) is 8.71. The van der Waals surface area contributed by atoms with Crippen LogP contribution in [0.2, 0.25) is 0 Å². The molecule has 3 rings (SSSR count). The molecule has 1 saturated heterocycles. The molecule has 2 aliphatic rings. The largest absolute Gasteiger partial charge is 0.497 e. The monoisotopic (exact) mass is 316 g/mol. The number of piperidine rings is 1. The van der Waals surface area contributed by atoms with Crippen molar-refractivity contribution in [2.75, 3.05) is 20.2 Å².